The minimum absolute atomic E-state index is 0.993. The molecule has 2 aromatic heterocycles. The fourth-order valence-electron chi connectivity index (χ4n) is 5.62. The average Bonchev–Trinajstić information content (AvgIpc) is 2.94. The molecule has 0 spiro atoms. The van der Waals surface area contributed by atoms with E-state index >= 15 is 0 Å². The van der Waals surface area contributed by atoms with Crippen molar-refractivity contribution in [2.24, 2.45) is 0 Å². The van der Waals surface area contributed by atoms with E-state index in [-0.39, 0.29) is 0 Å². The van der Waals surface area contributed by atoms with Crippen molar-refractivity contribution in [1.29, 1.82) is 0 Å². The van der Waals surface area contributed by atoms with E-state index in [1.807, 2.05) is 12.4 Å². The third-order valence-corrected chi connectivity index (χ3v) is 8.41. The molecule has 2 aromatic rings. The van der Waals surface area contributed by atoms with Gasteiger partial charge in [-0.3, -0.25) is 9.97 Å². The monoisotopic (exact) mass is 611 g/mol. The highest BCUT2D eigenvalue weighted by atomic mass is 15.1. The van der Waals surface area contributed by atoms with E-state index in [2.05, 4.69) is 112 Å². The largest absolute Gasteiger partial charge is 0.309 e. The van der Waals surface area contributed by atoms with Crippen LogP contribution in [0.25, 0.3) is 11.4 Å². The minimum Gasteiger partial charge on any atom is -0.309 e. The van der Waals surface area contributed by atoms with Crippen LogP contribution >= 0.6 is 0 Å². The fraction of sp³-hybridized carbons (Fsp3) is 0.722. The van der Waals surface area contributed by atoms with Gasteiger partial charge in [-0.25, -0.2) is 0 Å². The van der Waals surface area contributed by atoms with Crippen LogP contribution in [0.5, 0.6) is 0 Å². The first-order valence-electron chi connectivity index (χ1n) is 16.9. The molecule has 250 valence electrons. The van der Waals surface area contributed by atoms with Crippen molar-refractivity contribution >= 4 is 0 Å². The second-order valence-corrected chi connectivity index (χ2v) is 13.8. The second-order valence-electron chi connectivity index (χ2n) is 13.8. The molecule has 0 amide bonds. The number of hydrogen-bond donors (Lipinski definition) is 0. The summed E-state index contributed by atoms with van der Waals surface area (Å²) < 4.78 is 0. The molecular weight excluding hydrogens is 544 g/mol. The van der Waals surface area contributed by atoms with Crippen molar-refractivity contribution in [3.05, 3.63) is 46.8 Å². The third kappa shape index (κ3) is 15.9. The van der Waals surface area contributed by atoms with Gasteiger partial charge >= 0.3 is 0 Å². The van der Waals surface area contributed by atoms with Crippen molar-refractivity contribution in [1.82, 2.24) is 39.4 Å². The number of aryl methyl sites for hydroxylation is 2. The van der Waals surface area contributed by atoms with Gasteiger partial charge in [0.05, 0.1) is 11.4 Å². The Labute approximate surface area is 271 Å². The Bertz CT molecular complexity index is 941. The van der Waals surface area contributed by atoms with Crippen molar-refractivity contribution in [3.8, 4) is 11.4 Å². The summed E-state index contributed by atoms with van der Waals surface area (Å²) >= 11 is 0. The van der Waals surface area contributed by atoms with Gasteiger partial charge in [0.15, 0.2) is 0 Å². The van der Waals surface area contributed by atoms with E-state index in [9.17, 15) is 0 Å². The molecule has 0 saturated heterocycles. The van der Waals surface area contributed by atoms with E-state index < -0.39 is 0 Å². The van der Waals surface area contributed by atoms with Gasteiger partial charge in [-0.1, -0.05) is 0 Å². The maximum Gasteiger partial charge on any atom is 0.0889 e. The summed E-state index contributed by atoms with van der Waals surface area (Å²) in [6, 6.07) is 4.59. The SMILES string of the molecule is Cc1cnc(-c2cc(CCN(CCCN(C)C)CCCN(C)C)c(C)cn2)cc1CCN(CCCN(C)C)CCCN(C)C. The zero-order chi connectivity index (χ0) is 32.5. The topological polar surface area (TPSA) is 45.2 Å². The lowest BCUT2D eigenvalue weighted by Crippen LogP contribution is -2.32. The van der Waals surface area contributed by atoms with Gasteiger partial charge < -0.3 is 29.4 Å². The smallest absolute Gasteiger partial charge is 0.0889 e. The van der Waals surface area contributed by atoms with Crippen LogP contribution in [0.1, 0.15) is 47.9 Å². The summed E-state index contributed by atoms with van der Waals surface area (Å²) in [5, 5.41) is 0. The predicted molar refractivity (Wildman–Crippen MR) is 190 cm³/mol. The Hall–Kier alpha value is -1.94. The summed E-state index contributed by atoms with van der Waals surface area (Å²) in [7, 11) is 17.3. The van der Waals surface area contributed by atoms with Crippen molar-refractivity contribution in [2.45, 2.75) is 52.4 Å². The molecule has 0 fully saturated rings. The lowest BCUT2D eigenvalue weighted by atomic mass is 10.0. The molecule has 0 aromatic carbocycles. The van der Waals surface area contributed by atoms with E-state index in [4.69, 9.17) is 9.97 Å². The molecule has 8 heteroatoms. The fourth-order valence-corrected chi connectivity index (χ4v) is 5.62. The molecule has 0 atom stereocenters. The first kappa shape index (κ1) is 38.2. The zero-order valence-electron chi connectivity index (χ0n) is 30.2. The van der Waals surface area contributed by atoms with Crippen LogP contribution in [0.4, 0.5) is 0 Å². The molecule has 2 heterocycles. The summed E-state index contributed by atoms with van der Waals surface area (Å²) in [6.07, 6.45) is 11.0. The molecule has 0 N–H and O–H groups in total. The summed E-state index contributed by atoms with van der Waals surface area (Å²) in [6.45, 7) is 15.7. The molecule has 0 unspecified atom stereocenters. The molecule has 0 aliphatic rings. The van der Waals surface area contributed by atoms with Gasteiger partial charge in [0.25, 0.3) is 0 Å². The molecule has 0 saturated carbocycles. The van der Waals surface area contributed by atoms with Crippen LogP contribution in [-0.2, 0) is 12.8 Å². The molecule has 44 heavy (non-hydrogen) atoms. The van der Waals surface area contributed by atoms with Crippen molar-refractivity contribution in [3.63, 3.8) is 0 Å². The number of hydrogen-bond acceptors (Lipinski definition) is 8. The van der Waals surface area contributed by atoms with Crippen LogP contribution in [-0.4, -0.2) is 161 Å². The van der Waals surface area contributed by atoms with E-state index in [1.54, 1.807) is 0 Å². The number of pyridine rings is 2. The van der Waals surface area contributed by atoms with Crippen LogP contribution in [0.15, 0.2) is 24.5 Å². The highest BCUT2D eigenvalue weighted by Gasteiger charge is 2.13. The number of nitrogens with zero attached hydrogens (tertiary/aromatic N) is 8. The standard InChI is InChI=1S/C36H66N8/c1-31-29-37-35(27-33(31)15-25-43(21-11-17-39(3)4)22-12-18-40(5)6)36-28-34(32(2)30-38-36)16-26-44(23-13-19-41(7)8)24-14-20-42(9)10/h27-30H,11-26H2,1-10H3. The molecule has 0 aliphatic heterocycles. The first-order valence-corrected chi connectivity index (χ1v) is 16.9. The summed E-state index contributed by atoms with van der Waals surface area (Å²) in [4.78, 5) is 24.1. The molecule has 8 nitrogen and oxygen atoms in total. The Morgan fingerprint density at radius 1 is 0.432 bits per heavy atom. The van der Waals surface area contributed by atoms with E-state index in [0.717, 1.165) is 89.7 Å². The van der Waals surface area contributed by atoms with Crippen LogP contribution in [0.2, 0.25) is 0 Å². The number of rotatable bonds is 23. The van der Waals surface area contributed by atoms with Gasteiger partial charge in [-0.2, -0.15) is 0 Å². The number of aromatic nitrogens is 2. The van der Waals surface area contributed by atoms with E-state index in [0.29, 0.717) is 0 Å². The maximum atomic E-state index is 4.85. The maximum absolute atomic E-state index is 4.85. The Balaban J connectivity index is 2.11. The summed E-state index contributed by atoms with van der Waals surface area (Å²) in [5.41, 5.74) is 7.30. The molecule has 2 rings (SSSR count). The minimum atomic E-state index is 0.993. The first-order chi connectivity index (χ1) is 20.9. The second kappa shape index (κ2) is 21.0. The summed E-state index contributed by atoms with van der Waals surface area (Å²) in [5.74, 6) is 0. The Morgan fingerprint density at radius 2 is 0.727 bits per heavy atom. The quantitative estimate of drug-likeness (QED) is 0.185. The van der Waals surface area contributed by atoms with Gasteiger partial charge in [0, 0.05) is 25.5 Å². The van der Waals surface area contributed by atoms with Crippen LogP contribution in [0.3, 0.4) is 0 Å². The van der Waals surface area contributed by atoms with E-state index in [1.165, 1.54) is 47.9 Å². The average molecular weight is 611 g/mol. The van der Waals surface area contributed by atoms with Gasteiger partial charge in [0.2, 0.25) is 0 Å². The lowest BCUT2D eigenvalue weighted by Gasteiger charge is -2.24. The van der Waals surface area contributed by atoms with Crippen LogP contribution in [0, 0.1) is 13.8 Å². The van der Waals surface area contributed by atoms with Gasteiger partial charge in [-0.15, -0.1) is 0 Å². The van der Waals surface area contributed by atoms with Gasteiger partial charge in [0.1, 0.15) is 0 Å². The third-order valence-electron chi connectivity index (χ3n) is 8.41. The highest BCUT2D eigenvalue weighted by molar-refractivity contribution is 5.57. The van der Waals surface area contributed by atoms with Crippen LogP contribution < -0.4 is 0 Å². The molecule has 0 aliphatic carbocycles. The predicted octanol–water partition coefficient (Wildman–Crippen LogP) is 4.26. The molecule has 0 bridgehead atoms. The Morgan fingerprint density at radius 3 is 1.00 bits per heavy atom. The Kier molecular flexibility index (Phi) is 18.2. The van der Waals surface area contributed by atoms with Crippen molar-refractivity contribution < 1.29 is 0 Å². The normalized spacial score (nSPS) is 12.3. The van der Waals surface area contributed by atoms with Gasteiger partial charge in [-0.05, 0) is 195 Å². The highest BCUT2D eigenvalue weighted by Crippen LogP contribution is 2.22. The molecule has 0 radical (unpaired) electrons. The molecular formula is C36H66N8. The van der Waals surface area contributed by atoms with Crippen molar-refractivity contribution in [2.75, 3.05) is 122 Å². The lowest BCUT2D eigenvalue weighted by molar-refractivity contribution is 0.243. The zero-order valence-corrected chi connectivity index (χ0v) is 30.2.